The lowest BCUT2D eigenvalue weighted by molar-refractivity contribution is -0.132. The number of piperazine rings is 1. The van der Waals surface area contributed by atoms with E-state index in [1.165, 1.54) is 24.3 Å². The Labute approximate surface area is 163 Å². The third-order valence-corrected chi connectivity index (χ3v) is 5.54. The van der Waals surface area contributed by atoms with Crippen molar-refractivity contribution in [3.63, 3.8) is 0 Å². The fourth-order valence-corrected chi connectivity index (χ4v) is 3.86. The fraction of sp³-hybridized carbons (Fsp3) is 0.381. The Morgan fingerprint density at radius 1 is 0.926 bits per heavy atom. The first-order chi connectivity index (χ1) is 13.1. The summed E-state index contributed by atoms with van der Waals surface area (Å²) in [7, 11) is 0. The number of nitrogens with zero attached hydrogens (tertiary/aromatic N) is 2. The molecular weight excluding hydrogens is 366 g/mol. The molecule has 1 fully saturated rings. The predicted octanol–water partition coefficient (Wildman–Crippen LogP) is 3.95. The van der Waals surface area contributed by atoms with E-state index in [0.717, 1.165) is 30.0 Å². The summed E-state index contributed by atoms with van der Waals surface area (Å²) in [5.74, 6) is 0.484. The van der Waals surface area contributed by atoms with Gasteiger partial charge in [-0.15, -0.1) is 0 Å². The Balaban J connectivity index is 1.77. The van der Waals surface area contributed by atoms with Gasteiger partial charge in [-0.2, -0.15) is 11.8 Å². The molecule has 2 aromatic carbocycles. The molecular formula is C21H24F2N2OS. The van der Waals surface area contributed by atoms with Crippen molar-refractivity contribution in [1.82, 2.24) is 9.80 Å². The second kappa shape index (κ2) is 9.33. The van der Waals surface area contributed by atoms with Crippen LogP contribution in [0.1, 0.15) is 23.6 Å². The number of hydrogen-bond acceptors (Lipinski definition) is 3. The topological polar surface area (TPSA) is 23.6 Å². The molecule has 1 aliphatic heterocycles. The highest BCUT2D eigenvalue weighted by molar-refractivity contribution is 7.98. The Morgan fingerprint density at radius 2 is 1.41 bits per heavy atom. The molecule has 0 aromatic heterocycles. The molecule has 0 bridgehead atoms. The van der Waals surface area contributed by atoms with Gasteiger partial charge in [-0.3, -0.25) is 9.69 Å². The lowest BCUT2D eigenvalue weighted by Gasteiger charge is -2.40. The van der Waals surface area contributed by atoms with Crippen LogP contribution in [0.2, 0.25) is 0 Å². The van der Waals surface area contributed by atoms with Gasteiger partial charge in [0.2, 0.25) is 5.91 Å². The number of amides is 1. The van der Waals surface area contributed by atoms with E-state index in [1.807, 2.05) is 11.2 Å². The van der Waals surface area contributed by atoms with E-state index in [0.29, 0.717) is 19.5 Å². The normalized spacial score (nSPS) is 15.3. The van der Waals surface area contributed by atoms with Crippen molar-refractivity contribution < 1.29 is 13.6 Å². The number of rotatable bonds is 6. The summed E-state index contributed by atoms with van der Waals surface area (Å²) in [5.41, 5.74) is 1.93. The van der Waals surface area contributed by atoms with Crippen LogP contribution >= 0.6 is 11.8 Å². The van der Waals surface area contributed by atoms with Gasteiger partial charge in [0.25, 0.3) is 0 Å². The maximum absolute atomic E-state index is 13.4. The van der Waals surface area contributed by atoms with Gasteiger partial charge >= 0.3 is 0 Å². The smallest absolute Gasteiger partial charge is 0.223 e. The van der Waals surface area contributed by atoms with Crippen molar-refractivity contribution in [1.29, 1.82) is 0 Å². The summed E-state index contributed by atoms with van der Waals surface area (Å²) in [6.07, 6.45) is 2.57. The molecule has 0 atom stereocenters. The van der Waals surface area contributed by atoms with E-state index in [-0.39, 0.29) is 23.6 Å². The quantitative estimate of drug-likeness (QED) is 0.746. The van der Waals surface area contributed by atoms with Crippen molar-refractivity contribution in [2.24, 2.45) is 0 Å². The molecule has 1 aliphatic rings. The summed E-state index contributed by atoms with van der Waals surface area (Å²) in [5, 5.41) is 0. The number of benzene rings is 2. The number of hydrogen-bond donors (Lipinski definition) is 0. The highest BCUT2D eigenvalue weighted by Gasteiger charge is 2.28. The first-order valence-electron chi connectivity index (χ1n) is 9.10. The molecule has 0 N–H and O–H groups in total. The molecule has 1 amide bonds. The highest BCUT2D eigenvalue weighted by atomic mass is 32.2. The second-order valence-electron chi connectivity index (χ2n) is 6.67. The van der Waals surface area contributed by atoms with Crippen molar-refractivity contribution in [3.05, 3.63) is 71.3 Å². The van der Waals surface area contributed by atoms with E-state index in [2.05, 4.69) is 4.90 Å². The standard InChI is InChI=1S/C21H24F2N2OS/c1-27-15-10-20(26)24-11-13-25(14-12-24)21(16-2-6-18(22)7-3-16)17-4-8-19(23)9-5-17/h2-9,21H,10-15H2,1H3. The maximum Gasteiger partial charge on any atom is 0.223 e. The van der Waals surface area contributed by atoms with Crippen LogP contribution in [0.4, 0.5) is 8.78 Å². The van der Waals surface area contributed by atoms with Crippen molar-refractivity contribution in [2.75, 3.05) is 38.2 Å². The minimum atomic E-state index is -0.277. The van der Waals surface area contributed by atoms with Gasteiger partial charge in [0, 0.05) is 38.4 Å². The molecule has 0 unspecified atom stereocenters. The lowest BCUT2D eigenvalue weighted by atomic mass is 9.96. The van der Waals surface area contributed by atoms with Crippen LogP contribution in [0.15, 0.2) is 48.5 Å². The maximum atomic E-state index is 13.4. The third-order valence-electron chi connectivity index (χ3n) is 4.92. The van der Waals surface area contributed by atoms with Crippen LogP contribution in [0, 0.1) is 11.6 Å². The van der Waals surface area contributed by atoms with Gasteiger partial charge in [0.1, 0.15) is 11.6 Å². The van der Waals surface area contributed by atoms with Gasteiger partial charge in [-0.1, -0.05) is 24.3 Å². The van der Waals surface area contributed by atoms with E-state index in [9.17, 15) is 13.6 Å². The first kappa shape index (κ1) is 19.8. The van der Waals surface area contributed by atoms with E-state index in [4.69, 9.17) is 0 Å². The first-order valence-corrected chi connectivity index (χ1v) is 10.5. The van der Waals surface area contributed by atoms with Crippen LogP contribution in [0.25, 0.3) is 0 Å². The number of carbonyl (C=O) groups excluding carboxylic acids is 1. The average Bonchev–Trinajstić information content (AvgIpc) is 2.70. The summed E-state index contributed by atoms with van der Waals surface area (Å²) in [4.78, 5) is 16.5. The van der Waals surface area contributed by atoms with E-state index < -0.39 is 0 Å². The molecule has 1 saturated heterocycles. The van der Waals surface area contributed by atoms with Gasteiger partial charge < -0.3 is 4.90 Å². The molecule has 2 aromatic rings. The lowest BCUT2D eigenvalue weighted by Crippen LogP contribution is -2.50. The Morgan fingerprint density at radius 3 is 1.85 bits per heavy atom. The van der Waals surface area contributed by atoms with Crippen LogP contribution < -0.4 is 0 Å². The predicted molar refractivity (Wildman–Crippen MR) is 106 cm³/mol. The van der Waals surface area contributed by atoms with Crippen LogP contribution in [0.3, 0.4) is 0 Å². The van der Waals surface area contributed by atoms with Crippen LogP contribution in [-0.2, 0) is 4.79 Å². The zero-order chi connectivity index (χ0) is 19.2. The van der Waals surface area contributed by atoms with Crippen molar-refractivity contribution in [2.45, 2.75) is 12.5 Å². The highest BCUT2D eigenvalue weighted by Crippen LogP contribution is 2.30. The summed E-state index contributed by atoms with van der Waals surface area (Å²) >= 11 is 1.68. The monoisotopic (exact) mass is 390 g/mol. The molecule has 0 spiro atoms. The molecule has 6 heteroatoms. The zero-order valence-electron chi connectivity index (χ0n) is 15.4. The number of carbonyl (C=O) groups is 1. The summed E-state index contributed by atoms with van der Waals surface area (Å²) in [6.45, 7) is 2.80. The Kier molecular flexibility index (Phi) is 6.85. The largest absolute Gasteiger partial charge is 0.340 e. The molecule has 3 nitrogen and oxygen atoms in total. The molecule has 1 heterocycles. The minimum Gasteiger partial charge on any atom is -0.340 e. The zero-order valence-corrected chi connectivity index (χ0v) is 16.2. The third kappa shape index (κ3) is 5.08. The van der Waals surface area contributed by atoms with Gasteiger partial charge in [0.15, 0.2) is 0 Å². The molecule has 3 rings (SSSR count). The van der Waals surface area contributed by atoms with Crippen molar-refractivity contribution in [3.8, 4) is 0 Å². The Hall–Kier alpha value is -1.92. The minimum absolute atomic E-state index is 0.0883. The van der Waals surface area contributed by atoms with Crippen LogP contribution in [-0.4, -0.2) is 53.9 Å². The molecule has 0 saturated carbocycles. The molecule has 0 radical (unpaired) electrons. The van der Waals surface area contributed by atoms with E-state index >= 15 is 0 Å². The molecule has 27 heavy (non-hydrogen) atoms. The molecule has 0 aliphatic carbocycles. The van der Waals surface area contributed by atoms with Crippen LogP contribution in [0.5, 0.6) is 0 Å². The van der Waals surface area contributed by atoms with Gasteiger partial charge in [-0.05, 0) is 41.6 Å². The summed E-state index contributed by atoms with van der Waals surface area (Å²) in [6, 6.07) is 12.8. The average molecular weight is 390 g/mol. The SMILES string of the molecule is CSCCC(=O)N1CCN(C(c2ccc(F)cc2)c2ccc(F)cc2)CC1. The van der Waals surface area contributed by atoms with Gasteiger partial charge in [0.05, 0.1) is 6.04 Å². The van der Waals surface area contributed by atoms with Crippen molar-refractivity contribution >= 4 is 17.7 Å². The second-order valence-corrected chi connectivity index (χ2v) is 7.65. The Bertz CT molecular complexity index is 698. The molecule has 144 valence electrons. The summed E-state index contributed by atoms with van der Waals surface area (Å²) < 4.78 is 26.8. The fourth-order valence-electron chi connectivity index (χ4n) is 3.48. The number of thioether (sulfide) groups is 1. The van der Waals surface area contributed by atoms with Gasteiger partial charge in [-0.25, -0.2) is 8.78 Å². The van der Waals surface area contributed by atoms with E-state index in [1.54, 1.807) is 36.0 Å². The number of halogens is 2.